The van der Waals surface area contributed by atoms with Crippen LogP contribution in [0, 0.1) is 28.6 Å². The third kappa shape index (κ3) is 1.68. The summed E-state index contributed by atoms with van der Waals surface area (Å²) in [6.45, 7) is 8.89. The van der Waals surface area contributed by atoms with Crippen molar-refractivity contribution in [2.45, 2.75) is 52.1 Å². The smallest absolute Gasteiger partial charge is 0.178 e. The number of carbonyl (C=O) groups is 1. The van der Waals surface area contributed by atoms with Crippen LogP contribution in [0.15, 0.2) is 36.0 Å². The van der Waals surface area contributed by atoms with Gasteiger partial charge in [0.2, 0.25) is 0 Å². The van der Waals surface area contributed by atoms with Crippen LogP contribution in [0.2, 0.25) is 0 Å². The van der Waals surface area contributed by atoms with E-state index < -0.39 is 0 Å². The van der Waals surface area contributed by atoms with Crippen molar-refractivity contribution in [1.29, 1.82) is 0 Å². The minimum Gasteiger partial charge on any atom is -0.393 e. The van der Waals surface area contributed by atoms with Gasteiger partial charge in [-0.05, 0) is 73.0 Å². The van der Waals surface area contributed by atoms with Crippen LogP contribution in [-0.4, -0.2) is 17.0 Å². The highest BCUT2D eigenvalue weighted by molar-refractivity contribution is 6.01. The number of hydrogen-bond acceptors (Lipinski definition) is 2. The zero-order valence-corrected chi connectivity index (χ0v) is 13.6. The van der Waals surface area contributed by atoms with Gasteiger partial charge in [-0.2, -0.15) is 0 Å². The molecule has 118 valence electrons. The average molecular weight is 298 g/mol. The maximum atomic E-state index is 11.8. The van der Waals surface area contributed by atoms with E-state index in [1.807, 2.05) is 6.08 Å². The first kappa shape index (κ1) is 14.4. The van der Waals surface area contributed by atoms with E-state index in [9.17, 15) is 9.90 Å². The van der Waals surface area contributed by atoms with E-state index in [0.717, 1.165) is 37.7 Å². The molecule has 4 aliphatic rings. The van der Waals surface area contributed by atoms with Crippen molar-refractivity contribution in [3.8, 4) is 0 Å². The van der Waals surface area contributed by atoms with Gasteiger partial charge in [0.1, 0.15) is 0 Å². The molecular formula is C20H26O2. The van der Waals surface area contributed by atoms with Crippen LogP contribution in [0.3, 0.4) is 0 Å². The van der Waals surface area contributed by atoms with Gasteiger partial charge in [0.05, 0.1) is 6.10 Å². The molecule has 2 heteroatoms. The Kier molecular flexibility index (Phi) is 2.92. The predicted octanol–water partition coefficient (Wildman–Crippen LogP) is 3.82. The zero-order chi connectivity index (χ0) is 15.7. The molecule has 0 aromatic heterocycles. The fraction of sp³-hybridized carbons (Fsp3) is 0.650. The SMILES string of the molecule is C=C1CC2C(CC[C@@]3(C)C2CC[C@@H]3O)[C@@]2(C)C=CC(=O)C=C12. The molecule has 22 heavy (non-hydrogen) atoms. The highest BCUT2D eigenvalue weighted by Gasteiger charge is 2.58. The van der Waals surface area contributed by atoms with E-state index in [2.05, 4.69) is 26.5 Å². The number of aliphatic hydroxyl groups is 1. The molecule has 3 saturated carbocycles. The Hall–Kier alpha value is -1.15. The molecule has 0 bridgehead atoms. The van der Waals surface area contributed by atoms with Gasteiger partial charge in [0.25, 0.3) is 0 Å². The van der Waals surface area contributed by atoms with Gasteiger partial charge >= 0.3 is 0 Å². The summed E-state index contributed by atoms with van der Waals surface area (Å²) in [6.07, 6.45) is 10.9. The van der Waals surface area contributed by atoms with E-state index in [1.165, 1.54) is 5.57 Å². The standard InChI is InChI=1S/C20H26O2/c1-12-10-14-15-4-5-18(22)20(15,3)9-7-16(14)19(2)8-6-13(21)11-17(12)19/h6,8,11,14-16,18,22H,1,4-5,7,9-10H2,2-3H3/t14?,15?,16?,18-,19+,20-/m0/s1. The number of carbonyl (C=O) groups excluding carboxylic acids is 1. The number of allylic oxidation sites excluding steroid dienone is 5. The van der Waals surface area contributed by atoms with E-state index in [0.29, 0.717) is 17.8 Å². The normalized spacial score (nSPS) is 50.2. The Morgan fingerprint density at radius 2 is 2.00 bits per heavy atom. The van der Waals surface area contributed by atoms with E-state index in [1.54, 1.807) is 6.08 Å². The summed E-state index contributed by atoms with van der Waals surface area (Å²) in [4.78, 5) is 11.8. The van der Waals surface area contributed by atoms with Crippen molar-refractivity contribution in [3.05, 3.63) is 36.0 Å². The van der Waals surface area contributed by atoms with Crippen LogP contribution in [0.4, 0.5) is 0 Å². The summed E-state index contributed by atoms with van der Waals surface area (Å²) >= 11 is 0. The van der Waals surface area contributed by atoms with E-state index in [4.69, 9.17) is 0 Å². The van der Waals surface area contributed by atoms with Crippen LogP contribution in [0.1, 0.15) is 46.0 Å². The second-order valence-electron chi connectivity index (χ2n) is 8.40. The maximum Gasteiger partial charge on any atom is 0.178 e. The Morgan fingerprint density at radius 1 is 1.23 bits per heavy atom. The summed E-state index contributed by atoms with van der Waals surface area (Å²) in [7, 11) is 0. The zero-order valence-electron chi connectivity index (χ0n) is 13.6. The fourth-order valence-electron chi connectivity index (χ4n) is 6.18. The molecule has 3 fully saturated rings. The Balaban J connectivity index is 1.76. The summed E-state index contributed by atoms with van der Waals surface area (Å²) < 4.78 is 0. The highest BCUT2D eigenvalue weighted by Crippen LogP contribution is 2.65. The molecule has 6 atom stereocenters. The average Bonchev–Trinajstić information content (AvgIpc) is 2.77. The quantitative estimate of drug-likeness (QED) is 0.738. The van der Waals surface area contributed by atoms with Crippen molar-refractivity contribution in [1.82, 2.24) is 0 Å². The first-order valence-corrected chi connectivity index (χ1v) is 8.68. The molecule has 0 heterocycles. The number of hydrogen-bond donors (Lipinski definition) is 1. The van der Waals surface area contributed by atoms with Gasteiger partial charge < -0.3 is 5.11 Å². The van der Waals surface area contributed by atoms with Crippen LogP contribution in [0.25, 0.3) is 0 Å². The molecule has 0 aromatic carbocycles. The van der Waals surface area contributed by atoms with Gasteiger partial charge in [0.15, 0.2) is 5.78 Å². The number of aliphatic hydroxyl groups excluding tert-OH is 1. The predicted molar refractivity (Wildman–Crippen MR) is 87.1 cm³/mol. The van der Waals surface area contributed by atoms with E-state index >= 15 is 0 Å². The molecule has 4 rings (SSSR count). The minimum absolute atomic E-state index is 0.0389. The maximum absolute atomic E-state index is 11.8. The second kappa shape index (κ2) is 4.44. The summed E-state index contributed by atoms with van der Waals surface area (Å²) in [5.74, 6) is 1.88. The van der Waals surface area contributed by atoms with Gasteiger partial charge in [0, 0.05) is 5.41 Å². The van der Waals surface area contributed by atoms with Crippen molar-refractivity contribution in [2.24, 2.45) is 28.6 Å². The molecular weight excluding hydrogens is 272 g/mol. The highest BCUT2D eigenvalue weighted by atomic mass is 16.3. The largest absolute Gasteiger partial charge is 0.393 e. The Morgan fingerprint density at radius 3 is 2.77 bits per heavy atom. The lowest BCUT2D eigenvalue weighted by molar-refractivity contribution is -0.111. The van der Waals surface area contributed by atoms with Gasteiger partial charge in [-0.25, -0.2) is 0 Å². The fourth-order valence-corrected chi connectivity index (χ4v) is 6.18. The number of fused-ring (bicyclic) bond motifs is 5. The molecule has 0 aromatic rings. The molecule has 1 N–H and O–H groups in total. The summed E-state index contributed by atoms with van der Waals surface area (Å²) in [6, 6.07) is 0. The van der Waals surface area contributed by atoms with Crippen LogP contribution in [0.5, 0.6) is 0 Å². The van der Waals surface area contributed by atoms with Crippen molar-refractivity contribution < 1.29 is 9.90 Å². The molecule has 2 nitrogen and oxygen atoms in total. The molecule has 3 unspecified atom stereocenters. The molecule has 0 spiro atoms. The van der Waals surface area contributed by atoms with Gasteiger partial charge in [-0.1, -0.05) is 32.1 Å². The lowest BCUT2D eigenvalue weighted by Gasteiger charge is -2.57. The molecule has 0 aliphatic heterocycles. The van der Waals surface area contributed by atoms with Gasteiger partial charge in [-0.15, -0.1) is 0 Å². The van der Waals surface area contributed by atoms with Crippen LogP contribution >= 0.6 is 0 Å². The third-order valence-corrected chi connectivity index (χ3v) is 7.48. The lowest BCUT2D eigenvalue weighted by atomic mass is 9.47. The lowest BCUT2D eigenvalue weighted by Crippen LogP contribution is -2.50. The van der Waals surface area contributed by atoms with E-state index in [-0.39, 0.29) is 22.7 Å². The monoisotopic (exact) mass is 298 g/mol. The Labute approximate surface area is 133 Å². The molecule has 4 aliphatic carbocycles. The summed E-state index contributed by atoms with van der Waals surface area (Å²) in [5.41, 5.74) is 2.37. The summed E-state index contributed by atoms with van der Waals surface area (Å²) in [5, 5.41) is 10.5. The van der Waals surface area contributed by atoms with Crippen molar-refractivity contribution in [2.75, 3.05) is 0 Å². The third-order valence-electron chi connectivity index (χ3n) is 7.48. The second-order valence-corrected chi connectivity index (χ2v) is 8.40. The van der Waals surface area contributed by atoms with Gasteiger partial charge in [-0.3, -0.25) is 4.79 Å². The first-order chi connectivity index (χ1) is 10.4. The minimum atomic E-state index is -0.139. The van der Waals surface area contributed by atoms with Crippen molar-refractivity contribution in [3.63, 3.8) is 0 Å². The molecule has 0 amide bonds. The van der Waals surface area contributed by atoms with Crippen LogP contribution in [-0.2, 0) is 4.79 Å². The number of rotatable bonds is 0. The van der Waals surface area contributed by atoms with Crippen molar-refractivity contribution >= 4 is 5.78 Å². The Bertz CT molecular complexity index is 613. The topological polar surface area (TPSA) is 37.3 Å². The molecule has 0 radical (unpaired) electrons. The number of ketones is 1. The molecule has 0 saturated heterocycles. The van der Waals surface area contributed by atoms with Crippen LogP contribution < -0.4 is 0 Å². The first-order valence-electron chi connectivity index (χ1n) is 8.68.